The SMILES string of the molecule is O=C1c2cccnc2[C@@H](Nc2cc(Cl)cc(Cl)c2)N1Cc1cccs1. The Morgan fingerprint density at radius 2 is 1.96 bits per heavy atom. The lowest BCUT2D eigenvalue weighted by Gasteiger charge is -2.26. The van der Waals surface area contributed by atoms with Crippen molar-refractivity contribution in [2.75, 3.05) is 5.32 Å². The molecule has 1 aliphatic heterocycles. The lowest BCUT2D eigenvalue weighted by atomic mass is 10.2. The number of anilines is 1. The molecule has 126 valence electrons. The van der Waals surface area contributed by atoms with Gasteiger partial charge in [0.2, 0.25) is 0 Å². The topological polar surface area (TPSA) is 45.2 Å². The quantitative estimate of drug-likeness (QED) is 0.665. The van der Waals surface area contributed by atoms with Gasteiger partial charge in [-0.05, 0) is 41.8 Å². The van der Waals surface area contributed by atoms with Crippen molar-refractivity contribution in [3.05, 3.63) is 80.2 Å². The third kappa shape index (κ3) is 3.23. The van der Waals surface area contributed by atoms with E-state index >= 15 is 0 Å². The number of halogens is 2. The summed E-state index contributed by atoms with van der Waals surface area (Å²) in [4.78, 5) is 20.2. The smallest absolute Gasteiger partial charge is 0.258 e. The molecule has 1 aromatic carbocycles. The fourth-order valence-corrected chi connectivity index (χ4v) is 4.14. The van der Waals surface area contributed by atoms with Gasteiger partial charge in [-0.2, -0.15) is 0 Å². The molecule has 7 heteroatoms. The Morgan fingerprint density at radius 1 is 1.16 bits per heavy atom. The molecule has 3 aromatic rings. The Bertz CT molecular complexity index is 910. The van der Waals surface area contributed by atoms with E-state index in [1.54, 1.807) is 52.8 Å². The van der Waals surface area contributed by atoms with E-state index in [9.17, 15) is 4.79 Å². The average molecular weight is 390 g/mol. The molecule has 4 nitrogen and oxygen atoms in total. The number of benzene rings is 1. The highest BCUT2D eigenvalue weighted by atomic mass is 35.5. The van der Waals surface area contributed by atoms with Gasteiger partial charge in [-0.3, -0.25) is 9.78 Å². The van der Waals surface area contributed by atoms with Gasteiger partial charge in [-0.1, -0.05) is 29.3 Å². The van der Waals surface area contributed by atoms with E-state index in [0.717, 1.165) is 10.6 Å². The number of amides is 1. The first-order valence-electron chi connectivity index (χ1n) is 7.63. The van der Waals surface area contributed by atoms with Gasteiger partial charge in [-0.15, -0.1) is 11.3 Å². The van der Waals surface area contributed by atoms with Crippen molar-refractivity contribution in [3.8, 4) is 0 Å². The molecule has 0 aliphatic carbocycles. The van der Waals surface area contributed by atoms with Crippen LogP contribution >= 0.6 is 34.5 Å². The molecule has 0 fully saturated rings. The third-order valence-electron chi connectivity index (χ3n) is 3.97. The van der Waals surface area contributed by atoms with E-state index in [0.29, 0.717) is 27.8 Å². The van der Waals surface area contributed by atoms with Gasteiger partial charge in [0.15, 0.2) is 0 Å². The minimum absolute atomic E-state index is 0.0397. The summed E-state index contributed by atoms with van der Waals surface area (Å²) in [6.07, 6.45) is 1.32. The molecule has 0 saturated carbocycles. The summed E-state index contributed by atoms with van der Waals surface area (Å²) in [5.41, 5.74) is 2.06. The van der Waals surface area contributed by atoms with Gasteiger partial charge in [0, 0.05) is 26.8 Å². The van der Waals surface area contributed by atoms with Crippen LogP contribution in [0.1, 0.15) is 27.1 Å². The van der Waals surface area contributed by atoms with Gasteiger partial charge >= 0.3 is 0 Å². The van der Waals surface area contributed by atoms with Crippen molar-refractivity contribution < 1.29 is 4.79 Å². The summed E-state index contributed by atoms with van der Waals surface area (Å²) < 4.78 is 0. The number of fused-ring (bicyclic) bond motifs is 1. The zero-order chi connectivity index (χ0) is 17.4. The number of rotatable bonds is 4. The number of pyridine rings is 1. The molecule has 2 aromatic heterocycles. The molecule has 0 spiro atoms. The van der Waals surface area contributed by atoms with Crippen LogP contribution < -0.4 is 5.32 Å². The van der Waals surface area contributed by atoms with E-state index < -0.39 is 0 Å². The van der Waals surface area contributed by atoms with Crippen LogP contribution in [-0.4, -0.2) is 15.8 Å². The first-order valence-corrected chi connectivity index (χ1v) is 9.26. The zero-order valence-corrected chi connectivity index (χ0v) is 15.3. The Balaban J connectivity index is 1.71. The summed E-state index contributed by atoms with van der Waals surface area (Å²) in [6.45, 7) is 0.513. The molecule has 3 heterocycles. The highest BCUT2D eigenvalue weighted by Gasteiger charge is 2.38. The molecule has 1 atom stereocenters. The average Bonchev–Trinajstić information content (AvgIpc) is 3.17. The second kappa shape index (κ2) is 6.67. The normalized spacial score (nSPS) is 16.2. The van der Waals surface area contributed by atoms with Crippen molar-refractivity contribution >= 4 is 46.1 Å². The van der Waals surface area contributed by atoms with E-state index in [4.69, 9.17) is 23.2 Å². The number of hydrogen-bond donors (Lipinski definition) is 1. The first-order chi connectivity index (χ1) is 12.1. The summed E-state index contributed by atoms with van der Waals surface area (Å²) >= 11 is 13.8. The van der Waals surface area contributed by atoms with Crippen LogP contribution in [-0.2, 0) is 6.54 Å². The molecule has 0 saturated heterocycles. The first kappa shape index (κ1) is 16.4. The van der Waals surface area contributed by atoms with Gasteiger partial charge in [0.25, 0.3) is 5.91 Å². The van der Waals surface area contributed by atoms with Crippen LogP contribution in [0.3, 0.4) is 0 Å². The fraction of sp³-hybridized carbons (Fsp3) is 0.111. The van der Waals surface area contributed by atoms with Crippen molar-refractivity contribution in [1.82, 2.24) is 9.88 Å². The lowest BCUT2D eigenvalue weighted by molar-refractivity contribution is 0.0729. The molecular formula is C18H13Cl2N3OS. The molecule has 4 rings (SSSR count). The van der Waals surface area contributed by atoms with Gasteiger partial charge < -0.3 is 10.2 Å². The van der Waals surface area contributed by atoms with Crippen LogP contribution in [0.4, 0.5) is 5.69 Å². The maximum atomic E-state index is 12.9. The zero-order valence-electron chi connectivity index (χ0n) is 12.9. The highest BCUT2D eigenvalue weighted by Crippen LogP contribution is 2.35. The number of hydrogen-bond acceptors (Lipinski definition) is 4. The number of thiophene rings is 1. The van der Waals surface area contributed by atoms with Crippen molar-refractivity contribution in [2.45, 2.75) is 12.7 Å². The minimum atomic E-state index is -0.375. The Labute approximate surface area is 159 Å². The van der Waals surface area contributed by atoms with Gasteiger partial charge in [0.05, 0.1) is 17.8 Å². The van der Waals surface area contributed by atoms with Crippen LogP contribution in [0, 0.1) is 0 Å². The monoisotopic (exact) mass is 389 g/mol. The maximum absolute atomic E-state index is 12.9. The standard InChI is InChI=1S/C18H13Cl2N3OS/c19-11-7-12(20)9-13(8-11)22-17-16-15(4-1-5-21-16)18(24)23(17)10-14-3-2-6-25-14/h1-9,17,22H,10H2/t17-/m0/s1. The van der Waals surface area contributed by atoms with E-state index in [1.165, 1.54) is 0 Å². The molecule has 0 unspecified atom stereocenters. The third-order valence-corrected chi connectivity index (χ3v) is 5.27. The summed E-state index contributed by atoms with van der Waals surface area (Å²) in [6, 6.07) is 12.8. The number of nitrogens with zero attached hydrogens (tertiary/aromatic N) is 2. The van der Waals surface area contributed by atoms with Crippen molar-refractivity contribution in [1.29, 1.82) is 0 Å². The van der Waals surface area contributed by atoms with Crippen molar-refractivity contribution in [3.63, 3.8) is 0 Å². The Hall–Kier alpha value is -2.08. The number of nitrogens with one attached hydrogen (secondary N) is 1. The number of carbonyl (C=O) groups is 1. The fourth-order valence-electron chi connectivity index (χ4n) is 2.91. The van der Waals surface area contributed by atoms with Gasteiger partial charge in [-0.25, -0.2) is 0 Å². The van der Waals surface area contributed by atoms with E-state index in [1.807, 2.05) is 17.5 Å². The minimum Gasteiger partial charge on any atom is -0.360 e. The lowest BCUT2D eigenvalue weighted by Crippen LogP contribution is -2.31. The number of carbonyl (C=O) groups excluding carboxylic acids is 1. The second-order valence-corrected chi connectivity index (χ2v) is 7.56. The summed E-state index contributed by atoms with van der Waals surface area (Å²) in [5, 5.41) is 6.42. The Morgan fingerprint density at radius 3 is 2.68 bits per heavy atom. The molecule has 0 bridgehead atoms. The van der Waals surface area contributed by atoms with Crippen LogP contribution in [0.2, 0.25) is 10.0 Å². The van der Waals surface area contributed by atoms with E-state index in [2.05, 4.69) is 10.3 Å². The van der Waals surface area contributed by atoms with Gasteiger partial charge in [0.1, 0.15) is 6.17 Å². The van der Waals surface area contributed by atoms with Crippen molar-refractivity contribution in [2.24, 2.45) is 0 Å². The molecule has 1 N–H and O–H groups in total. The highest BCUT2D eigenvalue weighted by molar-refractivity contribution is 7.09. The van der Waals surface area contributed by atoms with Crippen LogP contribution in [0.15, 0.2) is 54.0 Å². The molecule has 0 radical (unpaired) electrons. The molecular weight excluding hydrogens is 377 g/mol. The van der Waals surface area contributed by atoms with Crippen LogP contribution in [0.5, 0.6) is 0 Å². The molecule has 1 amide bonds. The predicted molar refractivity (Wildman–Crippen MR) is 101 cm³/mol. The Kier molecular flexibility index (Phi) is 4.37. The largest absolute Gasteiger partial charge is 0.360 e. The summed E-state index contributed by atoms with van der Waals surface area (Å²) in [7, 11) is 0. The number of aromatic nitrogens is 1. The van der Waals surface area contributed by atoms with Crippen LogP contribution in [0.25, 0.3) is 0 Å². The summed E-state index contributed by atoms with van der Waals surface area (Å²) in [5.74, 6) is -0.0397. The predicted octanol–water partition coefficient (Wildman–Crippen LogP) is 5.22. The van der Waals surface area contributed by atoms with E-state index in [-0.39, 0.29) is 12.1 Å². The maximum Gasteiger partial charge on any atom is 0.258 e. The molecule has 25 heavy (non-hydrogen) atoms. The second-order valence-electron chi connectivity index (χ2n) is 5.65. The molecule has 1 aliphatic rings.